The van der Waals surface area contributed by atoms with Gasteiger partial charge in [0.1, 0.15) is 11.5 Å². The van der Waals surface area contributed by atoms with E-state index in [9.17, 15) is 35.6 Å². The van der Waals surface area contributed by atoms with Gasteiger partial charge in [-0.3, -0.25) is 9.59 Å². The number of carbonyl (C=O) groups is 2. The number of fused-ring (bicyclic) bond motifs is 1. The highest BCUT2D eigenvalue weighted by Gasteiger charge is 2.31. The van der Waals surface area contributed by atoms with Crippen molar-refractivity contribution in [2.45, 2.75) is 23.9 Å². The zero-order valence-electron chi connectivity index (χ0n) is 18.7. The van der Waals surface area contributed by atoms with Gasteiger partial charge in [0.2, 0.25) is 5.91 Å². The largest absolute Gasteiger partial charge is 0.481 e. The van der Waals surface area contributed by atoms with Crippen molar-refractivity contribution in [1.82, 2.24) is 14.3 Å². The number of benzene rings is 2. The van der Waals surface area contributed by atoms with Gasteiger partial charge in [0, 0.05) is 23.7 Å². The Morgan fingerprint density at radius 3 is 2.30 bits per heavy atom. The quantitative estimate of drug-likeness (QED) is 0.337. The molecule has 0 aliphatic carbocycles. The van der Waals surface area contributed by atoms with E-state index in [1.54, 1.807) is 4.72 Å². The van der Waals surface area contributed by atoms with Gasteiger partial charge in [-0.1, -0.05) is 24.3 Å². The minimum atomic E-state index is -4.62. The van der Waals surface area contributed by atoms with Crippen LogP contribution in [-0.4, -0.2) is 35.0 Å². The van der Waals surface area contributed by atoms with Gasteiger partial charge in [-0.25, -0.2) is 22.0 Å². The SMILES string of the molecule is O=C(O)CCC(=O)NS(=O)(=O)c1ccc(-c2c(-c3cccc(F)c3)nn3cc(C(F)(F)F)ccc23)cc1. The van der Waals surface area contributed by atoms with E-state index in [0.29, 0.717) is 11.1 Å². The first-order valence-corrected chi connectivity index (χ1v) is 12.1. The number of nitrogens with one attached hydrogen (secondary N) is 1. The third-order valence-electron chi connectivity index (χ3n) is 5.32. The normalized spacial score (nSPS) is 12.0. The number of carboxylic acid groups (broad SMARTS) is 1. The standard InChI is InChI=1S/C24H17F4N3O5S/c25-17-3-1-2-15(12-17)23-22(19-9-6-16(24(26,27)28)13-31(19)29-23)14-4-7-18(8-5-14)37(35,36)30-20(32)10-11-21(33)34/h1-9,12-13H,10-11H2,(H,30,32)(H,33,34). The van der Waals surface area contributed by atoms with Crippen LogP contribution in [0, 0.1) is 5.82 Å². The molecule has 0 bridgehead atoms. The average molecular weight is 535 g/mol. The van der Waals surface area contributed by atoms with Crippen LogP contribution in [0.5, 0.6) is 0 Å². The third-order valence-corrected chi connectivity index (χ3v) is 6.71. The fourth-order valence-electron chi connectivity index (χ4n) is 3.62. The molecule has 8 nitrogen and oxygen atoms in total. The van der Waals surface area contributed by atoms with Crippen molar-refractivity contribution in [1.29, 1.82) is 0 Å². The topological polar surface area (TPSA) is 118 Å². The Morgan fingerprint density at radius 2 is 1.68 bits per heavy atom. The molecule has 0 aliphatic rings. The maximum Gasteiger partial charge on any atom is 0.417 e. The molecule has 13 heteroatoms. The predicted molar refractivity (Wildman–Crippen MR) is 123 cm³/mol. The summed E-state index contributed by atoms with van der Waals surface area (Å²) in [6, 6.07) is 12.5. The van der Waals surface area contributed by atoms with Crippen molar-refractivity contribution < 1.29 is 40.7 Å². The van der Waals surface area contributed by atoms with E-state index in [2.05, 4.69) is 5.10 Å². The van der Waals surface area contributed by atoms with Crippen LogP contribution in [0.25, 0.3) is 27.9 Å². The second-order valence-electron chi connectivity index (χ2n) is 7.93. The summed E-state index contributed by atoms with van der Waals surface area (Å²) in [6.07, 6.45) is -4.91. The van der Waals surface area contributed by atoms with Crippen molar-refractivity contribution in [3.05, 3.63) is 78.2 Å². The molecule has 0 unspecified atom stereocenters. The molecule has 2 aromatic heterocycles. The molecule has 4 rings (SSSR count). The van der Waals surface area contributed by atoms with E-state index in [1.807, 2.05) is 0 Å². The van der Waals surface area contributed by atoms with Gasteiger partial charge >= 0.3 is 12.1 Å². The summed E-state index contributed by atoms with van der Waals surface area (Å²) in [7, 11) is -4.31. The summed E-state index contributed by atoms with van der Waals surface area (Å²) >= 11 is 0. The second kappa shape index (κ2) is 9.65. The lowest BCUT2D eigenvalue weighted by Crippen LogP contribution is -2.30. The lowest BCUT2D eigenvalue weighted by Gasteiger charge is -2.09. The number of carboxylic acids is 1. The van der Waals surface area contributed by atoms with Crippen LogP contribution in [-0.2, 0) is 25.8 Å². The third kappa shape index (κ3) is 5.61. The fraction of sp³-hybridized carbons (Fsp3) is 0.125. The highest BCUT2D eigenvalue weighted by atomic mass is 32.2. The van der Waals surface area contributed by atoms with Crippen LogP contribution in [0.4, 0.5) is 17.6 Å². The molecule has 0 atom stereocenters. The first-order valence-electron chi connectivity index (χ1n) is 10.6. The maximum atomic E-state index is 13.9. The van der Waals surface area contributed by atoms with Gasteiger partial charge in [-0.05, 0) is 42.0 Å². The Morgan fingerprint density at radius 1 is 0.973 bits per heavy atom. The summed E-state index contributed by atoms with van der Waals surface area (Å²) < 4.78 is 81.5. The number of rotatable bonds is 7. The first-order chi connectivity index (χ1) is 17.3. The van der Waals surface area contributed by atoms with Crippen LogP contribution in [0.2, 0.25) is 0 Å². The molecule has 4 aromatic rings. The summed E-state index contributed by atoms with van der Waals surface area (Å²) in [5, 5.41) is 12.9. The smallest absolute Gasteiger partial charge is 0.417 e. The van der Waals surface area contributed by atoms with Gasteiger partial charge in [0.05, 0.1) is 22.4 Å². The van der Waals surface area contributed by atoms with Crippen molar-refractivity contribution in [2.75, 3.05) is 0 Å². The van der Waals surface area contributed by atoms with Crippen molar-refractivity contribution in [3.8, 4) is 22.4 Å². The first kappa shape index (κ1) is 25.8. The molecule has 192 valence electrons. The van der Waals surface area contributed by atoms with Gasteiger partial charge in [0.15, 0.2) is 0 Å². The minimum absolute atomic E-state index is 0.163. The second-order valence-corrected chi connectivity index (χ2v) is 9.61. The lowest BCUT2D eigenvalue weighted by atomic mass is 9.99. The molecular formula is C24H17F4N3O5S. The summed E-state index contributed by atoms with van der Waals surface area (Å²) in [4.78, 5) is 22.1. The highest BCUT2D eigenvalue weighted by molar-refractivity contribution is 7.90. The van der Waals surface area contributed by atoms with Gasteiger partial charge in [0.25, 0.3) is 10.0 Å². The number of amides is 1. The van der Waals surface area contributed by atoms with E-state index in [-0.39, 0.29) is 21.7 Å². The minimum Gasteiger partial charge on any atom is -0.481 e. The highest BCUT2D eigenvalue weighted by Crippen LogP contribution is 2.37. The predicted octanol–water partition coefficient (Wildman–Crippen LogP) is 4.50. The maximum absolute atomic E-state index is 13.9. The van der Waals surface area contributed by atoms with Gasteiger partial charge in [-0.2, -0.15) is 18.3 Å². The molecule has 0 spiro atoms. The molecule has 0 saturated carbocycles. The van der Waals surface area contributed by atoms with E-state index in [0.717, 1.165) is 16.8 Å². The molecule has 2 aromatic carbocycles. The number of aliphatic carboxylic acids is 1. The van der Waals surface area contributed by atoms with Gasteiger partial charge in [-0.15, -0.1) is 0 Å². The van der Waals surface area contributed by atoms with E-state index >= 15 is 0 Å². The number of pyridine rings is 1. The number of nitrogens with zero attached hydrogens (tertiary/aromatic N) is 2. The lowest BCUT2D eigenvalue weighted by molar-refractivity contribution is -0.139. The zero-order valence-corrected chi connectivity index (χ0v) is 19.5. The number of aromatic nitrogens is 2. The van der Waals surface area contributed by atoms with Crippen LogP contribution in [0.3, 0.4) is 0 Å². The molecule has 2 heterocycles. The van der Waals surface area contributed by atoms with Crippen LogP contribution in [0.1, 0.15) is 18.4 Å². The Labute approximate surface area is 207 Å². The monoisotopic (exact) mass is 535 g/mol. The molecule has 1 amide bonds. The van der Waals surface area contributed by atoms with Crippen molar-refractivity contribution in [2.24, 2.45) is 0 Å². The average Bonchev–Trinajstić information content (AvgIpc) is 3.21. The number of halogens is 4. The Kier molecular flexibility index (Phi) is 6.74. The molecule has 0 aliphatic heterocycles. The molecular weight excluding hydrogens is 518 g/mol. The number of alkyl halides is 3. The van der Waals surface area contributed by atoms with E-state index in [1.165, 1.54) is 54.6 Å². The Balaban J connectivity index is 1.77. The van der Waals surface area contributed by atoms with Crippen LogP contribution >= 0.6 is 0 Å². The zero-order chi connectivity index (χ0) is 27.0. The molecule has 2 N–H and O–H groups in total. The van der Waals surface area contributed by atoms with E-state index < -0.39 is 52.3 Å². The Hall–Kier alpha value is -4.26. The molecule has 0 saturated heterocycles. The number of hydrogen-bond donors (Lipinski definition) is 2. The van der Waals surface area contributed by atoms with Crippen molar-refractivity contribution >= 4 is 27.4 Å². The summed E-state index contributed by atoms with van der Waals surface area (Å²) in [5.74, 6) is -2.85. The summed E-state index contributed by atoms with van der Waals surface area (Å²) in [6.45, 7) is 0. The number of hydrogen-bond acceptors (Lipinski definition) is 5. The summed E-state index contributed by atoms with van der Waals surface area (Å²) in [5.41, 5.74) is 0.453. The van der Waals surface area contributed by atoms with Gasteiger partial charge < -0.3 is 5.11 Å². The van der Waals surface area contributed by atoms with Crippen molar-refractivity contribution in [3.63, 3.8) is 0 Å². The molecule has 0 fully saturated rings. The van der Waals surface area contributed by atoms with Crippen LogP contribution in [0.15, 0.2) is 71.8 Å². The molecule has 0 radical (unpaired) electrons. The fourth-order valence-corrected chi connectivity index (χ4v) is 4.63. The number of carbonyl (C=O) groups excluding carboxylic acids is 1. The number of sulfonamides is 1. The van der Waals surface area contributed by atoms with E-state index in [4.69, 9.17) is 5.11 Å². The molecule has 37 heavy (non-hydrogen) atoms. The Bertz CT molecular complexity index is 1610. The van der Waals surface area contributed by atoms with Crippen LogP contribution < -0.4 is 4.72 Å².